The van der Waals surface area contributed by atoms with Crippen LogP contribution in [0.2, 0.25) is 0 Å². The van der Waals surface area contributed by atoms with E-state index in [0.717, 1.165) is 10.9 Å². The van der Waals surface area contributed by atoms with Crippen molar-refractivity contribution in [2.75, 3.05) is 6.26 Å². The number of para-hydroxylation sites is 1. The molecule has 0 amide bonds. The lowest BCUT2D eigenvalue weighted by Gasteiger charge is -2.01. The molecular weight excluding hydrogens is 198 g/mol. The maximum absolute atomic E-state index is 10.9. The molecule has 1 aromatic carbocycles. The maximum Gasteiger partial charge on any atom is 0.353 e. The largest absolute Gasteiger partial charge is 0.477 e. The van der Waals surface area contributed by atoms with Gasteiger partial charge in [0.2, 0.25) is 0 Å². The number of hydrogen-bond acceptors (Lipinski definition) is 2. The molecule has 2 aromatic rings. The van der Waals surface area contributed by atoms with Crippen molar-refractivity contribution in [2.24, 2.45) is 0 Å². The van der Waals surface area contributed by atoms with Gasteiger partial charge in [-0.1, -0.05) is 18.2 Å². The molecule has 0 radical (unpaired) electrons. The first-order valence-electron chi connectivity index (χ1n) is 4.12. The number of aromatic carboxylic acids is 1. The third kappa shape index (κ3) is 1.28. The number of aromatic nitrogens is 1. The molecule has 3 nitrogen and oxygen atoms in total. The Morgan fingerprint density at radius 1 is 1.43 bits per heavy atom. The molecule has 14 heavy (non-hydrogen) atoms. The van der Waals surface area contributed by atoms with Crippen LogP contribution in [-0.4, -0.2) is 21.3 Å². The molecule has 0 saturated heterocycles. The van der Waals surface area contributed by atoms with Crippen molar-refractivity contribution in [3.05, 3.63) is 36.0 Å². The van der Waals surface area contributed by atoms with Gasteiger partial charge < -0.3 is 5.11 Å². The molecule has 4 heteroatoms. The van der Waals surface area contributed by atoms with Crippen LogP contribution in [0.4, 0.5) is 0 Å². The number of carboxylic acids is 1. The van der Waals surface area contributed by atoms with E-state index in [1.807, 2.05) is 30.5 Å². The van der Waals surface area contributed by atoms with Gasteiger partial charge in [0.25, 0.3) is 0 Å². The van der Waals surface area contributed by atoms with Gasteiger partial charge in [-0.25, -0.2) is 4.79 Å². The Kier molecular flexibility index (Phi) is 2.21. The summed E-state index contributed by atoms with van der Waals surface area (Å²) >= 11 is 1.40. The maximum atomic E-state index is 10.9. The SMILES string of the molecule is CSn1c(C(=O)O)cc2ccccc21. The Labute approximate surface area is 85.5 Å². The summed E-state index contributed by atoms with van der Waals surface area (Å²) in [5.41, 5.74) is 1.26. The van der Waals surface area contributed by atoms with Crippen LogP contribution in [0.5, 0.6) is 0 Å². The van der Waals surface area contributed by atoms with E-state index in [2.05, 4.69) is 0 Å². The molecule has 0 fully saturated rings. The number of fused-ring (bicyclic) bond motifs is 1. The fraction of sp³-hybridized carbons (Fsp3) is 0.100. The molecule has 1 N–H and O–H groups in total. The molecular formula is C10H9NO2S. The van der Waals surface area contributed by atoms with Gasteiger partial charge in [0.05, 0.1) is 5.52 Å². The molecule has 0 unspecified atom stereocenters. The fourth-order valence-electron chi connectivity index (χ4n) is 1.48. The van der Waals surface area contributed by atoms with E-state index in [-0.39, 0.29) is 0 Å². The standard InChI is InChI=1S/C10H9NO2S/c1-14-11-8-5-3-2-4-7(8)6-9(11)10(12)13/h2-6H,1H3,(H,12,13). The van der Waals surface area contributed by atoms with Crippen molar-refractivity contribution < 1.29 is 9.90 Å². The summed E-state index contributed by atoms with van der Waals surface area (Å²) in [4.78, 5) is 10.9. The van der Waals surface area contributed by atoms with E-state index in [9.17, 15) is 4.79 Å². The molecule has 0 atom stereocenters. The number of carbonyl (C=O) groups is 1. The van der Waals surface area contributed by atoms with Gasteiger partial charge in [-0.15, -0.1) is 0 Å². The second-order valence-electron chi connectivity index (χ2n) is 2.87. The molecule has 1 heterocycles. The second kappa shape index (κ2) is 3.38. The van der Waals surface area contributed by atoms with E-state index < -0.39 is 5.97 Å². The minimum atomic E-state index is -0.893. The van der Waals surface area contributed by atoms with Crippen molar-refractivity contribution >= 4 is 28.8 Å². The Hall–Kier alpha value is -1.42. The number of rotatable bonds is 2. The topological polar surface area (TPSA) is 42.2 Å². The van der Waals surface area contributed by atoms with Gasteiger partial charge in [0, 0.05) is 11.6 Å². The van der Waals surface area contributed by atoms with Gasteiger partial charge in [0.15, 0.2) is 0 Å². The quantitative estimate of drug-likeness (QED) is 0.822. The fourth-order valence-corrected chi connectivity index (χ4v) is 2.17. The highest BCUT2D eigenvalue weighted by molar-refractivity contribution is 7.97. The van der Waals surface area contributed by atoms with Crippen molar-refractivity contribution in [3.63, 3.8) is 0 Å². The molecule has 0 spiro atoms. The smallest absolute Gasteiger partial charge is 0.353 e. The Morgan fingerprint density at radius 3 is 2.79 bits per heavy atom. The van der Waals surface area contributed by atoms with Crippen LogP contribution in [0.25, 0.3) is 10.9 Å². The summed E-state index contributed by atoms with van der Waals surface area (Å²) in [6.07, 6.45) is 1.86. The van der Waals surface area contributed by atoms with E-state index in [1.54, 1.807) is 10.0 Å². The predicted molar refractivity (Wildman–Crippen MR) is 57.8 cm³/mol. The van der Waals surface area contributed by atoms with E-state index >= 15 is 0 Å². The van der Waals surface area contributed by atoms with Gasteiger partial charge in [-0.3, -0.25) is 3.97 Å². The first kappa shape index (κ1) is 9.15. The number of hydrogen-bond donors (Lipinski definition) is 1. The van der Waals surface area contributed by atoms with E-state index in [4.69, 9.17) is 5.11 Å². The summed E-state index contributed by atoms with van der Waals surface area (Å²) < 4.78 is 1.72. The molecule has 0 aliphatic heterocycles. The summed E-state index contributed by atoms with van der Waals surface area (Å²) in [5, 5.41) is 9.92. The highest BCUT2D eigenvalue weighted by Gasteiger charge is 2.13. The normalized spacial score (nSPS) is 10.6. The van der Waals surface area contributed by atoms with Gasteiger partial charge >= 0.3 is 5.97 Å². The van der Waals surface area contributed by atoms with Crippen LogP contribution >= 0.6 is 11.9 Å². The lowest BCUT2D eigenvalue weighted by Crippen LogP contribution is -2.01. The minimum absolute atomic E-state index is 0.318. The third-order valence-electron chi connectivity index (χ3n) is 2.07. The lowest BCUT2D eigenvalue weighted by atomic mass is 10.2. The second-order valence-corrected chi connectivity index (χ2v) is 3.60. The van der Waals surface area contributed by atoms with Crippen molar-refractivity contribution in [3.8, 4) is 0 Å². The number of nitrogens with zero attached hydrogens (tertiary/aromatic N) is 1. The first-order valence-corrected chi connectivity index (χ1v) is 5.30. The third-order valence-corrected chi connectivity index (χ3v) is 2.83. The zero-order chi connectivity index (χ0) is 10.1. The predicted octanol–water partition coefficient (Wildman–Crippen LogP) is 2.47. The highest BCUT2D eigenvalue weighted by Crippen LogP contribution is 2.23. The first-order chi connectivity index (χ1) is 6.74. The molecule has 0 aliphatic rings. The zero-order valence-electron chi connectivity index (χ0n) is 7.60. The highest BCUT2D eigenvalue weighted by atomic mass is 32.2. The summed E-state index contributed by atoms with van der Waals surface area (Å²) in [6.45, 7) is 0. The van der Waals surface area contributed by atoms with Crippen LogP contribution < -0.4 is 0 Å². The van der Waals surface area contributed by atoms with Crippen LogP contribution in [0.15, 0.2) is 30.3 Å². The molecule has 72 valence electrons. The molecule has 0 aliphatic carbocycles. The summed E-state index contributed by atoms with van der Waals surface area (Å²) in [6, 6.07) is 9.32. The van der Waals surface area contributed by atoms with Crippen LogP contribution in [-0.2, 0) is 0 Å². The van der Waals surface area contributed by atoms with Gasteiger partial charge in [-0.05, 0) is 24.1 Å². The lowest BCUT2D eigenvalue weighted by molar-refractivity contribution is 0.0690. The minimum Gasteiger partial charge on any atom is -0.477 e. The average molecular weight is 207 g/mol. The van der Waals surface area contributed by atoms with Crippen LogP contribution in [0, 0.1) is 0 Å². The average Bonchev–Trinajstić information content (AvgIpc) is 2.56. The summed E-state index contributed by atoms with van der Waals surface area (Å²) in [7, 11) is 0. The van der Waals surface area contributed by atoms with Crippen molar-refractivity contribution in [1.82, 2.24) is 3.97 Å². The van der Waals surface area contributed by atoms with E-state index in [1.165, 1.54) is 11.9 Å². The van der Waals surface area contributed by atoms with Gasteiger partial charge in [0.1, 0.15) is 5.69 Å². The summed E-state index contributed by atoms with van der Waals surface area (Å²) in [5.74, 6) is -0.893. The van der Waals surface area contributed by atoms with Crippen molar-refractivity contribution in [2.45, 2.75) is 0 Å². The monoisotopic (exact) mass is 207 g/mol. The zero-order valence-corrected chi connectivity index (χ0v) is 8.41. The Balaban J connectivity index is 2.78. The van der Waals surface area contributed by atoms with E-state index in [0.29, 0.717) is 5.69 Å². The molecule has 2 rings (SSSR count). The number of benzene rings is 1. The van der Waals surface area contributed by atoms with Crippen LogP contribution in [0.1, 0.15) is 10.5 Å². The molecule has 0 bridgehead atoms. The molecule has 0 saturated carbocycles. The van der Waals surface area contributed by atoms with Crippen LogP contribution in [0.3, 0.4) is 0 Å². The number of carboxylic acid groups (broad SMARTS) is 1. The van der Waals surface area contributed by atoms with Gasteiger partial charge in [-0.2, -0.15) is 0 Å². The van der Waals surface area contributed by atoms with Crippen molar-refractivity contribution in [1.29, 1.82) is 0 Å². The Morgan fingerprint density at radius 2 is 2.14 bits per heavy atom. The Bertz CT molecular complexity index is 490. The molecule has 1 aromatic heterocycles.